The summed E-state index contributed by atoms with van der Waals surface area (Å²) in [5, 5.41) is 19.1. The van der Waals surface area contributed by atoms with Crippen LogP contribution < -0.4 is 16.4 Å². The molecule has 100 valence electrons. The molecule has 8 nitrogen and oxygen atoms in total. The molecule has 8 heteroatoms. The van der Waals surface area contributed by atoms with Crippen molar-refractivity contribution in [2.75, 3.05) is 23.4 Å². The number of nitrogens with zero attached hydrogens (tertiary/aromatic N) is 4. The van der Waals surface area contributed by atoms with Crippen molar-refractivity contribution >= 4 is 17.8 Å². The van der Waals surface area contributed by atoms with Crippen LogP contribution in [-0.4, -0.2) is 32.2 Å². The lowest BCUT2D eigenvalue weighted by Crippen LogP contribution is -2.20. The van der Waals surface area contributed by atoms with Crippen LogP contribution in [0.4, 0.5) is 17.8 Å². The predicted octanol–water partition coefficient (Wildman–Crippen LogP) is 0.0836. The number of benzene rings is 1. The smallest absolute Gasteiger partial charge is 0.231 e. The van der Waals surface area contributed by atoms with Crippen LogP contribution in [0.25, 0.3) is 0 Å². The molecule has 6 N–H and O–H groups in total. The summed E-state index contributed by atoms with van der Waals surface area (Å²) >= 11 is 0. The highest BCUT2D eigenvalue weighted by molar-refractivity contribution is 5.47. The standard InChI is InChI=1S/C11H14N6O2/c1-17(11-15-9(12)14-10(13)16-11)5-6-3-2-4-7(18)8(6)19/h2-4,18-19H,5H2,1H3,(H4,12,13,14,15,16). The molecule has 2 aromatic rings. The Morgan fingerprint density at radius 1 is 1.11 bits per heavy atom. The molecule has 0 aliphatic carbocycles. The van der Waals surface area contributed by atoms with Crippen LogP contribution in [0, 0.1) is 0 Å². The summed E-state index contributed by atoms with van der Waals surface area (Å²) in [4.78, 5) is 13.2. The number of anilines is 3. The topological polar surface area (TPSA) is 134 Å². The quantitative estimate of drug-likeness (QED) is 0.571. The molecule has 0 unspecified atom stereocenters. The molecule has 0 amide bonds. The van der Waals surface area contributed by atoms with Gasteiger partial charge in [0.1, 0.15) is 0 Å². The first-order valence-electron chi connectivity index (χ1n) is 5.45. The van der Waals surface area contributed by atoms with Gasteiger partial charge >= 0.3 is 0 Å². The fraction of sp³-hybridized carbons (Fsp3) is 0.182. The molecule has 1 aromatic heterocycles. The van der Waals surface area contributed by atoms with Gasteiger partial charge in [-0.05, 0) is 6.07 Å². The van der Waals surface area contributed by atoms with Crippen LogP contribution in [0.5, 0.6) is 11.5 Å². The number of phenols is 2. The van der Waals surface area contributed by atoms with Gasteiger partial charge in [0.15, 0.2) is 11.5 Å². The van der Waals surface area contributed by atoms with Crippen molar-refractivity contribution in [3.05, 3.63) is 23.8 Å². The maximum atomic E-state index is 9.72. The molecule has 0 radical (unpaired) electrons. The van der Waals surface area contributed by atoms with Crippen molar-refractivity contribution in [3.63, 3.8) is 0 Å². The van der Waals surface area contributed by atoms with E-state index in [1.165, 1.54) is 6.07 Å². The first-order chi connectivity index (χ1) is 8.97. The number of nitrogens with two attached hydrogens (primary N) is 2. The van der Waals surface area contributed by atoms with Crippen molar-refractivity contribution in [2.24, 2.45) is 0 Å². The SMILES string of the molecule is CN(Cc1cccc(O)c1O)c1nc(N)nc(N)n1. The number of para-hydroxylation sites is 1. The van der Waals surface area contributed by atoms with E-state index in [-0.39, 0.29) is 35.9 Å². The fourth-order valence-electron chi connectivity index (χ4n) is 1.60. The third-order valence-corrected chi connectivity index (χ3v) is 2.51. The lowest BCUT2D eigenvalue weighted by atomic mass is 10.2. The van der Waals surface area contributed by atoms with Gasteiger partial charge in [-0.2, -0.15) is 15.0 Å². The summed E-state index contributed by atoms with van der Waals surface area (Å²) in [7, 11) is 1.71. The van der Waals surface area contributed by atoms with Gasteiger partial charge in [-0.1, -0.05) is 12.1 Å². The molecule has 2 rings (SSSR count). The van der Waals surface area contributed by atoms with E-state index < -0.39 is 0 Å². The van der Waals surface area contributed by atoms with Crippen molar-refractivity contribution in [1.82, 2.24) is 15.0 Å². The first kappa shape index (κ1) is 12.7. The fourth-order valence-corrected chi connectivity index (χ4v) is 1.60. The summed E-state index contributed by atoms with van der Waals surface area (Å²) in [6.07, 6.45) is 0. The van der Waals surface area contributed by atoms with Crippen LogP contribution in [0.3, 0.4) is 0 Å². The Kier molecular flexibility index (Phi) is 3.23. The molecule has 0 aliphatic rings. The minimum absolute atomic E-state index is 0.0227. The highest BCUT2D eigenvalue weighted by Crippen LogP contribution is 2.29. The van der Waals surface area contributed by atoms with Gasteiger partial charge in [0.25, 0.3) is 0 Å². The average molecular weight is 262 g/mol. The van der Waals surface area contributed by atoms with E-state index in [0.29, 0.717) is 5.56 Å². The molecule has 0 bridgehead atoms. The lowest BCUT2D eigenvalue weighted by Gasteiger charge is -2.18. The number of phenolic OH excluding ortho intramolecular Hbond substituents is 2. The minimum atomic E-state index is -0.180. The zero-order chi connectivity index (χ0) is 14.0. The molecule has 19 heavy (non-hydrogen) atoms. The summed E-state index contributed by atoms with van der Waals surface area (Å²) < 4.78 is 0. The van der Waals surface area contributed by atoms with Crippen LogP contribution in [0.2, 0.25) is 0 Å². The Labute approximate surface area is 109 Å². The second kappa shape index (κ2) is 4.84. The van der Waals surface area contributed by atoms with Crippen LogP contribution in [0.1, 0.15) is 5.56 Å². The molecule has 0 saturated heterocycles. The van der Waals surface area contributed by atoms with Gasteiger partial charge in [0, 0.05) is 19.2 Å². The molecule has 0 spiro atoms. The summed E-state index contributed by atoms with van der Waals surface area (Å²) in [6.45, 7) is 0.281. The number of rotatable bonds is 3. The van der Waals surface area contributed by atoms with Gasteiger partial charge in [0.05, 0.1) is 0 Å². The van der Waals surface area contributed by atoms with Crippen molar-refractivity contribution in [3.8, 4) is 11.5 Å². The van der Waals surface area contributed by atoms with Crippen LogP contribution >= 0.6 is 0 Å². The number of aromatic hydroxyl groups is 2. The van der Waals surface area contributed by atoms with Crippen molar-refractivity contribution in [2.45, 2.75) is 6.54 Å². The summed E-state index contributed by atoms with van der Waals surface area (Å²) in [5.74, 6) is -0.0263. The van der Waals surface area contributed by atoms with E-state index in [9.17, 15) is 10.2 Å². The van der Waals surface area contributed by atoms with Gasteiger partial charge < -0.3 is 26.6 Å². The largest absolute Gasteiger partial charge is 0.504 e. The van der Waals surface area contributed by atoms with Crippen LogP contribution in [0.15, 0.2) is 18.2 Å². The van der Waals surface area contributed by atoms with Gasteiger partial charge in [-0.3, -0.25) is 0 Å². The van der Waals surface area contributed by atoms with Gasteiger partial charge in [0.2, 0.25) is 17.8 Å². The number of hydrogen-bond donors (Lipinski definition) is 4. The summed E-state index contributed by atoms with van der Waals surface area (Å²) in [6, 6.07) is 4.71. The zero-order valence-corrected chi connectivity index (χ0v) is 10.3. The van der Waals surface area contributed by atoms with Gasteiger partial charge in [-0.25, -0.2) is 0 Å². The third-order valence-electron chi connectivity index (χ3n) is 2.51. The zero-order valence-electron chi connectivity index (χ0n) is 10.3. The molecular formula is C11H14N6O2. The first-order valence-corrected chi connectivity index (χ1v) is 5.45. The monoisotopic (exact) mass is 262 g/mol. The highest BCUT2D eigenvalue weighted by Gasteiger charge is 2.12. The molecule has 1 aromatic carbocycles. The molecule has 0 fully saturated rings. The maximum absolute atomic E-state index is 9.72. The van der Waals surface area contributed by atoms with E-state index in [1.54, 1.807) is 24.1 Å². The van der Waals surface area contributed by atoms with E-state index in [1.807, 2.05) is 0 Å². The van der Waals surface area contributed by atoms with E-state index in [0.717, 1.165) is 0 Å². The second-order valence-corrected chi connectivity index (χ2v) is 3.99. The predicted molar refractivity (Wildman–Crippen MR) is 70.5 cm³/mol. The van der Waals surface area contributed by atoms with Crippen LogP contribution in [-0.2, 0) is 6.54 Å². The number of hydrogen-bond acceptors (Lipinski definition) is 8. The molecule has 1 heterocycles. The number of nitrogen functional groups attached to an aromatic ring is 2. The van der Waals surface area contributed by atoms with Crippen molar-refractivity contribution < 1.29 is 10.2 Å². The van der Waals surface area contributed by atoms with E-state index >= 15 is 0 Å². The Bertz CT molecular complexity index is 583. The second-order valence-electron chi connectivity index (χ2n) is 3.99. The average Bonchev–Trinajstić information content (AvgIpc) is 2.33. The Morgan fingerprint density at radius 3 is 2.37 bits per heavy atom. The highest BCUT2D eigenvalue weighted by atomic mass is 16.3. The molecular weight excluding hydrogens is 248 g/mol. The van der Waals surface area contributed by atoms with Crippen molar-refractivity contribution in [1.29, 1.82) is 0 Å². The maximum Gasteiger partial charge on any atom is 0.231 e. The normalized spacial score (nSPS) is 10.4. The Hall–Kier alpha value is -2.77. The summed E-state index contributed by atoms with van der Waals surface area (Å²) in [5.41, 5.74) is 11.5. The Morgan fingerprint density at radius 2 is 1.74 bits per heavy atom. The molecule has 0 aliphatic heterocycles. The lowest BCUT2D eigenvalue weighted by molar-refractivity contribution is 0.399. The molecule has 0 saturated carbocycles. The van der Waals surface area contributed by atoms with E-state index in [2.05, 4.69) is 15.0 Å². The van der Waals surface area contributed by atoms with Gasteiger partial charge in [-0.15, -0.1) is 0 Å². The minimum Gasteiger partial charge on any atom is -0.504 e. The number of aromatic nitrogens is 3. The van der Waals surface area contributed by atoms with E-state index in [4.69, 9.17) is 11.5 Å². The Balaban J connectivity index is 2.25. The molecule has 0 atom stereocenters. The third kappa shape index (κ3) is 2.73.